The first kappa shape index (κ1) is 12.5. The summed E-state index contributed by atoms with van der Waals surface area (Å²) in [6, 6.07) is 2.05. The van der Waals surface area contributed by atoms with Crippen LogP contribution >= 0.6 is 0 Å². The van der Waals surface area contributed by atoms with Crippen LogP contribution in [0.1, 0.15) is 24.5 Å². The second-order valence-electron chi connectivity index (χ2n) is 5.62. The Hall–Kier alpha value is -2.21. The molecule has 21 heavy (non-hydrogen) atoms. The molecule has 6 nitrogen and oxygen atoms in total. The molecule has 0 aliphatic carbocycles. The highest BCUT2D eigenvalue weighted by molar-refractivity contribution is 5.62. The van der Waals surface area contributed by atoms with Crippen LogP contribution in [0.25, 0.3) is 16.8 Å². The first-order chi connectivity index (χ1) is 10.3. The van der Waals surface area contributed by atoms with E-state index in [2.05, 4.69) is 15.5 Å². The number of fused-ring (bicyclic) bond motifs is 1. The molecule has 1 aliphatic rings. The zero-order valence-corrected chi connectivity index (χ0v) is 12.0. The number of rotatable bonds is 2. The Morgan fingerprint density at radius 1 is 1.29 bits per heavy atom. The fourth-order valence-electron chi connectivity index (χ4n) is 3.03. The van der Waals surface area contributed by atoms with E-state index in [9.17, 15) is 0 Å². The molecule has 0 saturated carbocycles. The second kappa shape index (κ2) is 4.96. The predicted molar refractivity (Wildman–Crippen MR) is 80.0 cm³/mol. The van der Waals surface area contributed by atoms with E-state index in [0.29, 0.717) is 5.92 Å². The van der Waals surface area contributed by atoms with Gasteiger partial charge in [-0.15, -0.1) is 0 Å². The molecule has 108 valence electrons. The van der Waals surface area contributed by atoms with Gasteiger partial charge in [0.15, 0.2) is 0 Å². The van der Waals surface area contributed by atoms with E-state index in [-0.39, 0.29) is 0 Å². The highest BCUT2D eigenvalue weighted by atomic mass is 15.2. The van der Waals surface area contributed by atoms with Crippen LogP contribution in [0.15, 0.2) is 30.9 Å². The second-order valence-corrected chi connectivity index (χ2v) is 5.62. The molecule has 1 unspecified atom stereocenters. The highest BCUT2D eigenvalue weighted by Gasteiger charge is 2.21. The van der Waals surface area contributed by atoms with E-state index in [4.69, 9.17) is 4.98 Å². The lowest BCUT2D eigenvalue weighted by atomic mass is 9.95. The van der Waals surface area contributed by atoms with Crippen molar-refractivity contribution >= 4 is 5.52 Å². The number of hydrogen-bond donors (Lipinski definition) is 1. The zero-order chi connectivity index (χ0) is 14.2. The summed E-state index contributed by atoms with van der Waals surface area (Å²) in [5.74, 6) is 0.453. The van der Waals surface area contributed by atoms with Gasteiger partial charge in [-0.2, -0.15) is 10.2 Å². The largest absolute Gasteiger partial charge is 0.316 e. The maximum Gasteiger partial charge on any atom is 0.0921 e. The average Bonchev–Trinajstić information content (AvgIpc) is 3.15. The van der Waals surface area contributed by atoms with E-state index in [1.807, 2.05) is 42.4 Å². The summed E-state index contributed by atoms with van der Waals surface area (Å²) in [4.78, 5) is 4.93. The van der Waals surface area contributed by atoms with Crippen molar-refractivity contribution in [2.24, 2.45) is 7.05 Å². The van der Waals surface area contributed by atoms with Crippen LogP contribution in [0.2, 0.25) is 0 Å². The van der Waals surface area contributed by atoms with Crippen molar-refractivity contribution in [2.45, 2.75) is 18.8 Å². The standard InChI is InChI=1S/C15H18N6/c1-20-9-12(8-18-20)13-10-21-14(4-6-17-21)15(19-13)11-3-2-5-16-7-11/h4,6,8-11,16H,2-3,5,7H2,1H3. The van der Waals surface area contributed by atoms with Gasteiger partial charge in [0.2, 0.25) is 0 Å². The third-order valence-corrected chi connectivity index (χ3v) is 4.10. The van der Waals surface area contributed by atoms with Crippen molar-refractivity contribution in [3.8, 4) is 11.3 Å². The monoisotopic (exact) mass is 282 g/mol. The molecule has 1 fully saturated rings. The van der Waals surface area contributed by atoms with Gasteiger partial charge in [0.1, 0.15) is 0 Å². The fraction of sp³-hybridized carbons (Fsp3) is 0.400. The Morgan fingerprint density at radius 3 is 3.00 bits per heavy atom. The minimum Gasteiger partial charge on any atom is -0.316 e. The number of hydrogen-bond acceptors (Lipinski definition) is 4. The van der Waals surface area contributed by atoms with E-state index in [1.165, 1.54) is 12.8 Å². The van der Waals surface area contributed by atoms with Crippen molar-refractivity contribution in [1.29, 1.82) is 0 Å². The third-order valence-electron chi connectivity index (χ3n) is 4.10. The average molecular weight is 282 g/mol. The summed E-state index contributed by atoms with van der Waals surface area (Å²) in [5.41, 5.74) is 4.21. The van der Waals surface area contributed by atoms with Gasteiger partial charge in [-0.05, 0) is 25.5 Å². The first-order valence-electron chi connectivity index (χ1n) is 7.35. The van der Waals surface area contributed by atoms with Crippen LogP contribution < -0.4 is 5.32 Å². The molecule has 3 aromatic heterocycles. The molecule has 1 atom stereocenters. The summed E-state index contributed by atoms with van der Waals surface area (Å²) >= 11 is 0. The summed E-state index contributed by atoms with van der Waals surface area (Å²) in [7, 11) is 1.92. The summed E-state index contributed by atoms with van der Waals surface area (Å²) < 4.78 is 3.73. The van der Waals surface area contributed by atoms with E-state index >= 15 is 0 Å². The van der Waals surface area contributed by atoms with Gasteiger partial charge >= 0.3 is 0 Å². The Morgan fingerprint density at radius 2 is 2.24 bits per heavy atom. The van der Waals surface area contributed by atoms with E-state index in [1.54, 1.807) is 4.68 Å². The molecule has 0 aromatic carbocycles. The normalized spacial score (nSPS) is 19.2. The third kappa shape index (κ3) is 2.21. The minimum atomic E-state index is 0.453. The molecule has 0 bridgehead atoms. The predicted octanol–water partition coefficient (Wildman–Crippen LogP) is 1.60. The van der Waals surface area contributed by atoms with Crippen molar-refractivity contribution < 1.29 is 0 Å². The van der Waals surface area contributed by atoms with Crippen LogP contribution in [-0.2, 0) is 7.05 Å². The molecule has 0 radical (unpaired) electrons. The van der Waals surface area contributed by atoms with Gasteiger partial charge in [0, 0.05) is 31.3 Å². The van der Waals surface area contributed by atoms with Crippen LogP contribution in [0.5, 0.6) is 0 Å². The van der Waals surface area contributed by atoms with Gasteiger partial charge in [0.05, 0.1) is 35.5 Å². The van der Waals surface area contributed by atoms with E-state index < -0.39 is 0 Å². The van der Waals surface area contributed by atoms with Crippen molar-refractivity contribution in [1.82, 2.24) is 29.7 Å². The SMILES string of the molecule is Cn1cc(-c2cn3nccc3c(C3CCCNC3)n2)cn1. The van der Waals surface area contributed by atoms with Gasteiger partial charge in [0.25, 0.3) is 0 Å². The number of nitrogens with zero attached hydrogens (tertiary/aromatic N) is 5. The van der Waals surface area contributed by atoms with Gasteiger partial charge < -0.3 is 5.32 Å². The molecule has 1 N–H and O–H groups in total. The smallest absolute Gasteiger partial charge is 0.0921 e. The molecule has 0 spiro atoms. The topological polar surface area (TPSA) is 60.0 Å². The number of aryl methyl sites for hydroxylation is 1. The van der Waals surface area contributed by atoms with Crippen molar-refractivity contribution in [3.05, 3.63) is 36.5 Å². The lowest BCUT2D eigenvalue weighted by Crippen LogP contribution is -2.29. The van der Waals surface area contributed by atoms with Crippen LogP contribution in [0.4, 0.5) is 0 Å². The number of piperidine rings is 1. The molecule has 1 aliphatic heterocycles. The zero-order valence-electron chi connectivity index (χ0n) is 12.0. The fourth-order valence-corrected chi connectivity index (χ4v) is 3.03. The van der Waals surface area contributed by atoms with Crippen LogP contribution in [0.3, 0.4) is 0 Å². The van der Waals surface area contributed by atoms with Crippen molar-refractivity contribution in [3.63, 3.8) is 0 Å². The Labute approximate surface area is 122 Å². The summed E-state index contributed by atoms with van der Waals surface area (Å²) in [5, 5.41) is 12.1. The molecule has 3 aromatic rings. The Bertz CT molecular complexity index is 765. The van der Waals surface area contributed by atoms with Gasteiger partial charge in [-0.25, -0.2) is 9.50 Å². The summed E-state index contributed by atoms with van der Waals surface area (Å²) in [6.45, 7) is 2.10. The Balaban J connectivity index is 1.85. The maximum atomic E-state index is 4.93. The lowest BCUT2D eigenvalue weighted by Gasteiger charge is -2.23. The molecule has 4 rings (SSSR count). The molecule has 6 heteroatoms. The van der Waals surface area contributed by atoms with E-state index in [0.717, 1.165) is 35.6 Å². The quantitative estimate of drug-likeness (QED) is 0.775. The van der Waals surface area contributed by atoms with Crippen molar-refractivity contribution in [2.75, 3.05) is 13.1 Å². The number of nitrogens with one attached hydrogen (secondary N) is 1. The number of aromatic nitrogens is 5. The van der Waals surface area contributed by atoms with Gasteiger partial charge in [-0.1, -0.05) is 0 Å². The highest BCUT2D eigenvalue weighted by Crippen LogP contribution is 2.28. The molecular weight excluding hydrogens is 264 g/mol. The van der Waals surface area contributed by atoms with Gasteiger partial charge in [-0.3, -0.25) is 4.68 Å². The molecule has 0 amide bonds. The summed E-state index contributed by atoms with van der Waals surface area (Å²) in [6.07, 6.45) is 10.0. The molecular formula is C15H18N6. The molecule has 1 saturated heterocycles. The van der Waals surface area contributed by atoms with Crippen LogP contribution in [-0.4, -0.2) is 37.5 Å². The van der Waals surface area contributed by atoms with Crippen LogP contribution in [0, 0.1) is 0 Å². The Kier molecular flexibility index (Phi) is 2.96. The minimum absolute atomic E-state index is 0.453. The first-order valence-corrected chi connectivity index (χ1v) is 7.35. The maximum absolute atomic E-state index is 4.93. The molecule has 4 heterocycles. The lowest BCUT2D eigenvalue weighted by molar-refractivity contribution is 0.456.